The summed E-state index contributed by atoms with van der Waals surface area (Å²) in [6.07, 6.45) is 0. The van der Waals surface area contributed by atoms with Gasteiger partial charge in [0.15, 0.2) is 23.0 Å². The Balaban J connectivity index is 1.87. The van der Waals surface area contributed by atoms with Gasteiger partial charge in [-0.25, -0.2) is 9.98 Å². The van der Waals surface area contributed by atoms with E-state index in [9.17, 15) is 0 Å². The van der Waals surface area contributed by atoms with Crippen LogP contribution in [-0.4, -0.2) is 0 Å². The normalized spacial score (nSPS) is 13.0. The summed E-state index contributed by atoms with van der Waals surface area (Å²) in [6, 6.07) is 12.7. The Morgan fingerprint density at radius 3 is 2.20 bits per heavy atom. The molecule has 2 heterocycles. The maximum Gasteiger partial charge on any atom is 0.175 e. The highest BCUT2D eigenvalue weighted by molar-refractivity contribution is 6.35. The number of rotatable bonds is 0. The molecule has 7 heteroatoms. The van der Waals surface area contributed by atoms with E-state index in [-0.39, 0.29) is 5.02 Å². The molecule has 0 aliphatic carbocycles. The van der Waals surface area contributed by atoms with Crippen molar-refractivity contribution in [2.24, 2.45) is 9.98 Å². The molecule has 2 aliphatic heterocycles. The van der Waals surface area contributed by atoms with E-state index in [0.29, 0.717) is 55.8 Å². The Hall–Kier alpha value is -2.76. The third-order valence-electron chi connectivity index (χ3n) is 4.02. The van der Waals surface area contributed by atoms with Gasteiger partial charge in [-0.1, -0.05) is 41.4 Å². The maximum absolute atomic E-state index is 6.54. The van der Waals surface area contributed by atoms with E-state index in [0.717, 1.165) is 0 Å². The van der Waals surface area contributed by atoms with Crippen LogP contribution < -0.4 is 25.9 Å². The molecular formula is C18H9Cl2N3O2. The zero-order chi connectivity index (χ0) is 17.1. The van der Waals surface area contributed by atoms with E-state index >= 15 is 0 Å². The van der Waals surface area contributed by atoms with Crippen LogP contribution >= 0.6 is 23.2 Å². The number of para-hydroxylation sites is 3. The number of nitrogens with zero attached hydrogens (tertiary/aromatic N) is 2. The first-order valence-electron chi connectivity index (χ1n) is 7.45. The Labute approximate surface area is 151 Å². The van der Waals surface area contributed by atoms with Crippen molar-refractivity contribution in [2.75, 3.05) is 5.73 Å². The second-order valence-corrected chi connectivity index (χ2v) is 6.33. The molecule has 0 spiro atoms. The predicted molar refractivity (Wildman–Crippen MR) is 95.5 cm³/mol. The highest BCUT2D eigenvalue weighted by Gasteiger charge is 2.27. The Bertz CT molecular complexity index is 1190. The lowest BCUT2D eigenvalue weighted by atomic mass is 10.2. The number of nitrogens with two attached hydrogens (primary N) is 1. The number of ether oxygens (including phenoxy) is 2. The van der Waals surface area contributed by atoms with Crippen LogP contribution in [0.3, 0.4) is 0 Å². The van der Waals surface area contributed by atoms with Gasteiger partial charge in [-0.05, 0) is 24.3 Å². The van der Waals surface area contributed by atoms with E-state index in [4.69, 9.17) is 38.4 Å². The summed E-state index contributed by atoms with van der Waals surface area (Å²) in [5.41, 5.74) is 7.66. The largest absolute Gasteiger partial charge is 0.451 e. The highest BCUT2D eigenvalue weighted by atomic mass is 35.5. The van der Waals surface area contributed by atoms with Gasteiger partial charge in [-0.15, -0.1) is 0 Å². The second kappa shape index (κ2) is 5.12. The predicted octanol–water partition coefficient (Wildman–Crippen LogP) is 4.69. The van der Waals surface area contributed by atoms with Crippen molar-refractivity contribution in [3.05, 3.63) is 63.2 Å². The molecule has 5 rings (SSSR count). The molecule has 25 heavy (non-hydrogen) atoms. The Morgan fingerprint density at radius 1 is 0.760 bits per heavy atom. The molecular weight excluding hydrogens is 361 g/mol. The molecule has 0 saturated carbocycles. The molecule has 0 aromatic heterocycles. The minimum atomic E-state index is 0.279. The van der Waals surface area contributed by atoms with Crippen LogP contribution in [0.2, 0.25) is 10.0 Å². The number of fused-ring (bicyclic) bond motifs is 4. The average molecular weight is 370 g/mol. The minimum Gasteiger partial charge on any atom is -0.451 e. The van der Waals surface area contributed by atoms with Crippen LogP contribution in [0.1, 0.15) is 0 Å². The van der Waals surface area contributed by atoms with E-state index in [1.165, 1.54) is 0 Å². The fraction of sp³-hybridized carbons (Fsp3) is 0. The van der Waals surface area contributed by atoms with Crippen molar-refractivity contribution in [2.45, 2.75) is 0 Å². The molecule has 5 nitrogen and oxygen atoms in total. The third-order valence-corrected chi connectivity index (χ3v) is 4.72. The summed E-state index contributed by atoms with van der Waals surface area (Å²) in [6.45, 7) is 0. The van der Waals surface area contributed by atoms with Gasteiger partial charge in [0, 0.05) is 0 Å². The lowest BCUT2D eigenvalue weighted by molar-refractivity contribution is 0.451. The Morgan fingerprint density at radius 2 is 1.40 bits per heavy atom. The lowest BCUT2D eigenvalue weighted by Crippen LogP contribution is -2.22. The number of nitrogen functional groups attached to an aromatic ring is 1. The SMILES string of the molecule is Nc1cccc2c1N=c1c(Cl)c3c(c(Cl)c1O2)=Nc1ccccc1O3. The molecule has 0 saturated heterocycles. The molecule has 0 radical (unpaired) electrons. The topological polar surface area (TPSA) is 69.2 Å². The highest BCUT2D eigenvalue weighted by Crippen LogP contribution is 2.43. The number of hydrogen-bond acceptors (Lipinski definition) is 5. The molecule has 0 amide bonds. The molecule has 2 N–H and O–H groups in total. The van der Waals surface area contributed by atoms with Crippen LogP contribution in [0.15, 0.2) is 52.4 Å². The van der Waals surface area contributed by atoms with Crippen molar-refractivity contribution in [3.63, 3.8) is 0 Å². The molecule has 0 atom stereocenters. The van der Waals surface area contributed by atoms with Gasteiger partial charge >= 0.3 is 0 Å². The van der Waals surface area contributed by atoms with E-state index in [1.54, 1.807) is 18.2 Å². The minimum absolute atomic E-state index is 0.279. The zero-order valence-electron chi connectivity index (χ0n) is 12.6. The standard InChI is InChI=1S/C18H9Cl2N3O2/c19-12-15-17(24-10-6-2-1-5-9(10)22-15)13(20)16-18(12)25-11-7-3-4-8(21)14(11)23-16/h1-7H,21H2. The first-order chi connectivity index (χ1) is 12.1. The van der Waals surface area contributed by atoms with Crippen molar-refractivity contribution in [3.8, 4) is 23.0 Å². The molecule has 122 valence electrons. The molecule has 0 unspecified atom stereocenters. The van der Waals surface area contributed by atoms with Crippen molar-refractivity contribution in [1.82, 2.24) is 0 Å². The summed E-state index contributed by atoms with van der Waals surface area (Å²) in [4.78, 5) is 9.11. The summed E-state index contributed by atoms with van der Waals surface area (Å²) in [7, 11) is 0. The van der Waals surface area contributed by atoms with Crippen LogP contribution in [0.4, 0.5) is 17.1 Å². The van der Waals surface area contributed by atoms with Crippen molar-refractivity contribution in [1.29, 1.82) is 0 Å². The maximum atomic E-state index is 6.54. The molecule has 3 aromatic carbocycles. The van der Waals surface area contributed by atoms with Crippen molar-refractivity contribution < 1.29 is 9.47 Å². The molecule has 0 bridgehead atoms. The molecule has 0 fully saturated rings. The van der Waals surface area contributed by atoms with Gasteiger partial charge in [-0.3, -0.25) is 0 Å². The number of hydrogen-bond donors (Lipinski definition) is 1. The Kier molecular flexibility index (Phi) is 2.98. The first-order valence-corrected chi connectivity index (χ1v) is 8.20. The van der Waals surface area contributed by atoms with Gasteiger partial charge in [-0.2, -0.15) is 0 Å². The zero-order valence-corrected chi connectivity index (χ0v) is 14.1. The van der Waals surface area contributed by atoms with Gasteiger partial charge < -0.3 is 15.2 Å². The monoisotopic (exact) mass is 369 g/mol. The fourth-order valence-corrected chi connectivity index (χ4v) is 3.35. The van der Waals surface area contributed by atoms with Gasteiger partial charge in [0.1, 0.15) is 32.1 Å². The van der Waals surface area contributed by atoms with Gasteiger partial charge in [0.25, 0.3) is 0 Å². The molecule has 3 aromatic rings. The quantitative estimate of drug-likeness (QED) is 0.402. The second-order valence-electron chi connectivity index (χ2n) is 5.57. The summed E-state index contributed by atoms with van der Waals surface area (Å²) < 4.78 is 11.8. The van der Waals surface area contributed by atoms with E-state index in [2.05, 4.69) is 9.98 Å². The fourth-order valence-electron chi connectivity index (χ4n) is 2.84. The van der Waals surface area contributed by atoms with Gasteiger partial charge in [0.2, 0.25) is 0 Å². The number of benzene rings is 3. The average Bonchev–Trinajstić information content (AvgIpc) is 2.64. The van der Waals surface area contributed by atoms with Crippen LogP contribution in [0.5, 0.6) is 23.0 Å². The number of halogens is 2. The summed E-state index contributed by atoms with van der Waals surface area (Å²) in [5, 5.41) is 1.37. The van der Waals surface area contributed by atoms with Crippen LogP contribution in [0, 0.1) is 0 Å². The van der Waals surface area contributed by atoms with Crippen LogP contribution in [0.25, 0.3) is 0 Å². The van der Waals surface area contributed by atoms with Gasteiger partial charge in [0.05, 0.1) is 5.69 Å². The number of anilines is 1. The summed E-state index contributed by atoms with van der Waals surface area (Å²) >= 11 is 13.1. The van der Waals surface area contributed by atoms with E-state index < -0.39 is 0 Å². The third kappa shape index (κ3) is 2.03. The lowest BCUT2D eigenvalue weighted by Gasteiger charge is -2.21. The van der Waals surface area contributed by atoms with Crippen LogP contribution in [-0.2, 0) is 0 Å². The smallest absolute Gasteiger partial charge is 0.175 e. The molecule has 2 aliphatic rings. The van der Waals surface area contributed by atoms with E-state index in [1.807, 2.05) is 24.3 Å². The first kappa shape index (κ1) is 14.6. The summed E-state index contributed by atoms with van der Waals surface area (Å²) in [5.74, 6) is 1.82. The van der Waals surface area contributed by atoms with Crippen molar-refractivity contribution >= 4 is 40.3 Å².